The van der Waals surface area contributed by atoms with Gasteiger partial charge >= 0.3 is 0 Å². The Kier molecular flexibility index (Phi) is 18.5. The third-order valence-corrected chi connectivity index (χ3v) is 4.94. The van der Waals surface area contributed by atoms with Crippen molar-refractivity contribution in [3.63, 3.8) is 0 Å². The molecule has 0 fully saturated rings. The average molecular weight is 360 g/mol. The monoisotopic (exact) mass is 359 g/mol. The van der Waals surface area contributed by atoms with Crippen molar-refractivity contribution in [1.29, 1.82) is 0 Å². The zero-order chi connectivity index (χ0) is 18.8. The summed E-state index contributed by atoms with van der Waals surface area (Å²) in [5, 5.41) is 31.7. The topological polar surface area (TPSA) is 72.7 Å². The molecule has 0 rings (SSSR count). The quantitative estimate of drug-likeness (QED) is 0.261. The maximum absolute atomic E-state index is 10.1. The first-order chi connectivity index (χ1) is 12.1. The zero-order valence-corrected chi connectivity index (χ0v) is 16.9. The van der Waals surface area contributed by atoms with E-state index >= 15 is 0 Å². The third-order valence-electron chi connectivity index (χ3n) is 4.94. The highest BCUT2D eigenvalue weighted by atomic mass is 16.3. The second kappa shape index (κ2) is 18.6. The van der Waals surface area contributed by atoms with E-state index in [1.807, 2.05) is 0 Å². The molecule has 0 unspecified atom stereocenters. The molecule has 0 aromatic rings. The van der Waals surface area contributed by atoms with Gasteiger partial charge in [-0.1, -0.05) is 90.4 Å². The Labute approximate surface area is 156 Å². The molecule has 0 spiro atoms. The lowest BCUT2D eigenvalue weighted by Gasteiger charge is -2.23. The maximum atomic E-state index is 10.1. The summed E-state index contributed by atoms with van der Waals surface area (Å²) in [6.07, 6.45) is 16.9. The van der Waals surface area contributed by atoms with Crippen LogP contribution in [0.4, 0.5) is 0 Å². The van der Waals surface area contributed by atoms with Crippen LogP contribution in [0.15, 0.2) is 0 Å². The Balaban J connectivity index is 3.36. The van der Waals surface area contributed by atoms with E-state index < -0.39 is 12.2 Å². The van der Waals surface area contributed by atoms with Gasteiger partial charge in [0.2, 0.25) is 0 Å². The minimum Gasteiger partial charge on any atom is -0.395 e. The van der Waals surface area contributed by atoms with E-state index in [2.05, 4.69) is 12.2 Å². The molecule has 0 saturated heterocycles. The second-order valence-electron chi connectivity index (χ2n) is 7.65. The van der Waals surface area contributed by atoms with E-state index in [9.17, 15) is 15.3 Å². The molecular formula is C21H45NO3. The summed E-state index contributed by atoms with van der Waals surface area (Å²) in [5.41, 5.74) is 0. The van der Waals surface area contributed by atoms with Crippen LogP contribution in [0.2, 0.25) is 0 Å². The summed E-state index contributed by atoms with van der Waals surface area (Å²) in [7, 11) is 0. The molecule has 0 saturated carbocycles. The molecule has 0 amide bonds. The third kappa shape index (κ3) is 17.0. The molecule has 4 nitrogen and oxygen atoms in total. The van der Waals surface area contributed by atoms with Crippen LogP contribution in [0.25, 0.3) is 0 Å². The van der Waals surface area contributed by atoms with Crippen molar-refractivity contribution < 1.29 is 15.3 Å². The molecule has 0 aliphatic rings. The van der Waals surface area contributed by atoms with E-state index in [-0.39, 0.29) is 12.6 Å². The van der Waals surface area contributed by atoms with Gasteiger partial charge in [-0.05, 0) is 13.3 Å². The van der Waals surface area contributed by atoms with E-state index in [0.717, 1.165) is 19.3 Å². The van der Waals surface area contributed by atoms with Crippen LogP contribution in [-0.4, -0.2) is 46.7 Å². The predicted octanol–water partition coefficient (Wildman–Crippen LogP) is 4.16. The van der Waals surface area contributed by atoms with Gasteiger partial charge in [0.15, 0.2) is 0 Å². The van der Waals surface area contributed by atoms with Gasteiger partial charge in [0.1, 0.15) is 0 Å². The lowest BCUT2D eigenvalue weighted by atomic mass is 10.0. The smallest absolute Gasteiger partial charge is 0.0715 e. The highest BCUT2D eigenvalue weighted by molar-refractivity contribution is 4.75. The Morgan fingerprint density at radius 1 is 0.720 bits per heavy atom. The highest BCUT2D eigenvalue weighted by Crippen LogP contribution is 2.14. The van der Waals surface area contributed by atoms with Gasteiger partial charge < -0.3 is 20.6 Å². The van der Waals surface area contributed by atoms with Crippen LogP contribution in [0, 0.1) is 0 Å². The van der Waals surface area contributed by atoms with Crippen LogP contribution in [0.5, 0.6) is 0 Å². The number of hydrogen-bond acceptors (Lipinski definition) is 4. The fourth-order valence-electron chi connectivity index (χ4n) is 3.22. The standard InChI is InChI=1S/C21H45NO3/c1-3-4-5-6-7-8-9-10-11-12-13-14-15-16-21(25)20(18-23)22-17-19(2)24/h19-25H,3-18H2,1-2H3/t19-,20+,21-/m1/s1. The molecule has 4 heteroatoms. The van der Waals surface area contributed by atoms with Crippen molar-refractivity contribution >= 4 is 0 Å². The molecule has 4 N–H and O–H groups in total. The highest BCUT2D eigenvalue weighted by Gasteiger charge is 2.17. The summed E-state index contributed by atoms with van der Waals surface area (Å²) >= 11 is 0. The second-order valence-corrected chi connectivity index (χ2v) is 7.65. The van der Waals surface area contributed by atoms with Crippen LogP contribution in [-0.2, 0) is 0 Å². The predicted molar refractivity (Wildman–Crippen MR) is 107 cm³/mol. The lowest BCUT2D eigenvalue weighted by molar-refractivity contribution is 0.0728. The van der Waals surface area contributed by atoms with Crippen molar-refractivity contribution in [2.24, 2.45) is 0 Å². The SMILES string of the molecule is CCCCCCCCCCCCCCC[C@@H](O)[C@H](CO)NC[C@@H](C)O. The van der Waals surface area contributed by atoms with Crippen molar-refractivity contribution in [3.05, 3.63) is 0 Å². The fraction of sp³-hybridized carbons (Fsp3) is 1.00. The Bertz CT molecular complexity index is 262. The molecule has 0 aliphatic heterocycles. The van der Waals surface area contributed by atoms with Gasteiger partial charge in [0.25, 0.3) is 0 Å². The molecule has 25 heavy (non-hydrogen) atoms. The van der Waals surface area contributed by atoms with Crippen LogP contribution in [0.1, 0.15) is 104 Å². The number of hydrogen-bond donors (Lipinski definition) is 4. The Hall–Kier alpha value is -0.160. The summed E-state index contributed by atoms with van der Waals surface area (Å²) in [6, 6.07) is -0.327. The van der Waals surface area contributed by atoms with Gasteiger partial charge in [-0.15, -0.1) is 0 Å². The normalized spacial score (nSPS) is 15.2. The molecule has 0 aromatic heterocycles. The van der Waals surface area contributed by atoms with E-state index in [1.165, 1.54) is 70.6 Å². The fourth-order valence-corrected chi connectivity index (χ4v) is 3.22. The number of aliphatic hydroxyl groups excluding tert-OH is 3. The first-order valence-corrected chi connectivity index (χ1v) is 10.8. The summed E-state index contributed by atoms with van der Waals surface area (Å²) < 4.78 is 0. The number of unbranched alkanes of at least 4 members (excludes halogenated alkanes) is 12. The van der Waals surface area contributed by atoms with Crippen LogP contribution < -0.4 is 5.32 Å². The molecule has 0 aromatic carbocycles. The molecule has 0 heterocycles. The number of aliphatic hydroxyl groups is 3. The Morgan fingerprint density at radius 2 is 1.16 bits per heavy atom. The lowest BCUT2D eigenvalue weighted by Crippen LogP contribution is -2.45. The van der Waals surface area contributed by atoms with Gasteiger partial charge in [0.05, 0.1) is 24.9 Å². The summed E-state index contributed by atoms with van der Waals surface area (Å²) in [4.78, 5) is 0. The first-order valence-electron chi connectivity index (χ1n) is 10.8. The zero-order valence-electron chi connectivity index (χ0n) is 16.9. The minimum atomic E-state index is -0.531. The largest absolute Gasteiger partial charge is 0.395 e. The van der Waals surface area contributed by atoms with Crippen molar-refractivity contribution in [2.45, 2.75) is 122 Å². The van der Waals surface area contributed by atoms with Crippen molar-refractivity contribution in [1.82, 2.24) is 5.32 Å². The molecule has 152 valence electrons. The molecule has 0 aliphatic carbocycles. The van der Waals surface area contributed by atoms with Gasteiger partial charge in [0, 0.05) is 6.54 Å². The summed E-state index contributed by atoms with van der Waals surface area (Å²) in [6.45, 7) is 4.27. The van der Waals surface area contributed by atoms with Crippen LogP contribution in [0.3, 0.4) is 0 Å². The van der Waals surface area contributed by atoms with E-state index in [1.54, 1.807) is 6.92 Å². The van der Waals surface area contributed by atoms with E-state index in [0.29, 0.717) is 6.54 Å². The van der Waals surface area contributed by atoms with Gasteiger partial charge in [-0.25, -0.2) is 0 Å². The summed E-state index contributed by atoms with van der Waals surface area (Å²) in [5.74, 6) is 0. The van der Waals surface area contributed by atoms with Gasteiger partial charge in [-0.2, -0.15) is 0 Å². The molecule has 3 atom stereocenters. The molecular weight excluding hydrogens is 314 g/mol. The average Bonchev–Trinajstić information content (AvgIpc) is 2.59. The maximum Gasteiger partial charge on any atom is 0.0715 e. The number of rotatable bonds is 19. The molecule has 0 bridgehead atoms. The van der Waals surface area contributed by atoms with Gasteiger partial charge in [-0.3, -0.25) is 0 Å². The number of nitrogens with one attached hydrogen (secondary N) is 1. The Morgan fingerprint density at radius 3 is 1.56 bits per heavy atom. The molecule has 0 radical (unpaired) electrons. The van der Waals surface area contributed by atoms with Crippen molar-refractivity contribution in [2.75, 3.05) is 13.2 Å². The van der Waals surface area contributed by atoms with Crippen molar-refractivity contribution in [3.8, 4) is 0 Å². The van der Waals surface area contributed by atoms with Crippen LogP contribution >= 0.6 is 0 Å². The van der Waals surface area contributed by atoms with E-state index in [4.69, 9.17) is 0 Å². The first kappa shape index (κ1) is 24.8. The minimum absolute atomic E-state index is 0.0909.